The van der Waals surface area contributed by atoms with Crippen LogP contribution in [0.5, 0.6) is 5.75 Å². The Kier molecular flexibility index (Phi) is 4.94. The summed E-state index contributed by atoms with van der Waals surface area (Å²) < 4.78 is 5.28. The van der Waals surface area contributed by atoms with Crippen LogP contribution in [0.2, 0.25) is 0 Å². The SMILES string of the molecule is Cc1ccc(N=Cc2ccc(O[C@H](C)C(=O)O)cc2)c(C)c1. The lowest BCUT2D eigenvalue weighted by Crippen LogP contribution is -2.22. The molecule has 4 nitrogen and oxygen atoms in total. The number of aliphatic carboxylic acids is 1. The Morgan fingerprint density at radius 1 is 1.18 bits per heavy atom. The maximum absolute atomic E-state index is 10.7. The van der Waals surface area contributed by atoms with Gasteiger partial charge in [-0.25, -0.2) is 4.79 Å². The predicted octanol–water partition coefficient (Wildman–Crippen LogP) is 3.91. The first-order valence-electron chi connectivity index (χ1n) is 7.06. The number of carbonyl (C=O) groups is 1. The molecule has 0 amide bonds. The van der Waals surface area contributed by atoms with Crippen LogP contribution in [0.25, 0.3) is 0 Å². The molecule has 1 atom stereocenters. The lowest BCUT2D eigenvalue weighted by molar-refractivity contribution is -0.144. The molecule has 114 valence electrons. The van der Waals surface area contributed by atoms with Crippen molar-refractivity contribution in [3.05, 3.63) is 59.2 Å². The Morgan fingerprint density at radius 3 is 2.45 bits per heavy atom. The topological polar surface area (TPSA) is 58.9 Å². The number of hydrogen-bond acceptors (Lipinski definition) is 3. The summed E-state index contributed by atoms with van der Waals surface area (Å²) in [5.74, 6) is -0.459. The number of nitrogens with zero attached hydrogens (tertiary/aromatic N) is 1. The normalized spacial score (nSPS) is 12.3. The van der Waals surface area contributed by atoms with Crippen LogP contribution < -0.4 is 4.74 Å². The molecule has 2 aromatic carbocycles. The third kappa shape index (κ3) is 4.19. The van der Waals surface area contributed by atoms with Crippen molar-refractivity contribution in [1.29, 1.82) is 0 Å². The summed E-state index contributed by atoms with van der Waals surface area (Å²) in [5.41, 5.74) is 4.21. The molecular formula is C18H19NO3. The molecular weight excluding hydrogens is 278 g/mol. The zero-order chi connectivity index (χ0) is 16.1. The number of carboxylic acid groups (broad SMARTS) is 1. The Labute approximate surface area is 130 Å². The van der Waals surface area contributed by atoms with Crippen LogP contribution in [-0.4, -0.2) is 23.4 Å². The fourth-order valence-electron chi connectivity index (χ4n) is 1.98. The number of aryl methyl sites for hydroxylation is 2. The molecule has 0 aromatic heterocycles. The van der Waals surface area contributed by atoms with E-state index in [1.165, 1.54) is 12.5 Å². The van der Waals surface area contributed by atoms with E-state index in [4.69, 9.17) is 9.84 Å². The summed E-state index contributed by atoms with van der Waals surface area (Å²) in [7, 11) is 0. The summed E-state index contributed by atoms with van der Waals surface area (Å²) in [6.45, 7) is 5.58. The molecule has 0 aliphatic carbocycles. The van der Waals surface area contributed by atoms with Gasteiger partial charge in [0.05, 0.1) is 5.69 Å². The van der Waals surface area contributed by atoms with Crippen LogP contribution in [0.3, 0.4) is 0 Å². The van der Waals surface area contributed by atoms with Crippen molar-refractivity contribution in [2.45, 2.75) is 26.9 Å². The Balaban J connectivity index is 2.07. The van der Waals surface area contributed by atoms with Gasteiger partial charge in [0.1, 0.15) is 5.75 Å². The van der Waals surface area contributed by atoms with Gasteiger partial charge >= 0.3 is 5.97 Å². The van der Waals surface area contributed by atoms with Crippen LogP contribution in [-0.2, 0) is 4.79 Å². The minimum atomic E-state index is -0.986. The molecule has 2 rings (SSSR count). The minimum absolute atomic E-state index is 0.526. The van der Waals surface area contributed by atoms with E-state index < -0.39 is 12.1 Å². The average molecular weight is 297 g/mol. The average Bonchev–Trinajstić information content (AvgIpc) is 2.47. The molecule has 0 saturated carbocycles. The monoisotopic (exact) mass is 297 g/mol. The van der Waals surface area contributed by atoms with Gasteiger partial charge in [-0.2, -0.15) is 0 Å². The van der Waals surface area contributed by atoms with Crippen LogP contribution in [0.15, 0.2) is 47.5 Å². The highest BCUT2D eigenvalue weighted by atomic mass is 16.5. The molecule has 2 aromatic rings. The van der Waals surface area contributed by atoms with Gasteiger partial charge < -0.3 is 9.84 Å². The fourth-order valence-corrected chi connectivity index (χ4v) is 1.98. The van der Waals surface area contributed by atoms with Crippen molar-refractivity contribution in [3.63, 3.8) is 0 Å². The third-order valence-electron chi connectivity index (χ3n) is 3.25. The zero-order valence-corrected chi connectivity index (χ0v) is 12.9. The first kappa shape index (κ1) is 15.8. The summed E-state index contributed by atoms with van der Waals surface area (Å²) in [4.78, 5) is 15.2. The molecule has 0 heterocycles. The van der Waals surface area contributed by atoms with E-state index in [1.54, 1.807) is 18.3 Å². The quantitative estimate of drug-likeness (QED) is 0.851. The Hall–Kier alpha value is -2.62. The van der Waals surface area contributed by atoms with Crippen molar-refractivity contribution < 1.29 is 14.6 Å². The zero-order valence-electron chi connectivity index (χ0n) is 12.9. The second-order valence-electron chi connectivity index (χ2n) is 5.22. The molecule has 4 heteroatoms. The maximum atomic E-state index is 10.7. The van der Waals surface area contributed by atoms with Crippen molar-refractivity contribution in [2.75, 3.05) is 0 Å². The van der Waals surface area contributed by atoms with E-state index in [9.17, 15) is 4.79 Å². The summed E-state index contributed by atoms with van der Waals surface area (Å²) in [5, 5.41) is 8.81. The number of carboxylic acids is 1. The van der Waals surface area contributed by atoms with Gasteiger partial charge in [-0.1, -0.05) is 17.7 Å². The molecule has 0 radical (unpaired) electrons. The van der Waals surface area contributed by atoms with E-state index >= 15 is 0 Å². The highest BCUT2D eigenvalue weighted by Gasteiger charge is 2.11. The van der Waals surface area contributed by atoms with E-state index in [-0.39, 0.29) is 0 Å². The standard InChI is InChI=1S/C18H19NO3/c1-12-4-9-17(13(2)10-12)19-11-15-5-7-16(8-6-15)22-14(3)18(20)21/h4-11,14H,1-3H3,(H,20,21)/t14-/m1/s1. The van der Waals surface area contributed by atoms with Gasteiger partial charge in [-0.3, -0.25) is 4.99 Å². The Bertz CT molecular complexity index is 690. The van der Waals surface area contributed by atoms with Crippen LogP contribution >= 0.6 is 0 Å². The highest BCUT2D eigenvalue weighted by Crippen LogP contribution is 2.20. The molecule has 0 fully saturated rings. The van der Waals surface area contributed by atoms with Crippen LogP contribution in [0.1, 0.15) is 23.6 Å². The fraction of sp³-hybridized carbons (Fsp3) is 0.222. The summed E-state index contributed by atoms with van der Waals surface area (Å²) in [6.07, 6.45) is 0.914. The number of hydrogen-bond donors (Lipinski definition) is 1. The number of aliphatic imine (C=N–C) groups is 1. The molecule has 22 heavy (non-hydrogen) atoms. The predicted molar refractivity (Wildman–Crippen MR) is 87.3 cm³/mol. The molecule has 0 spiro atoms. The molecule has 0 bridgehead atoms. The first-order valence-corrected chi connectivity index (χ1v) is 7.06. The van der Waals surface area contributed by atoms with Crippen LogP contribution in [0.4, 0.5) is 5.69 Å². The van der Waals surface area contributed by atoms with E-state index in [2.05, 4.69) is 18.0 Å². The van der Waals surface area contributed by atoms with E-state index in [1.807, 2.05) is 31.2 Å². The number of benzene rings is 2. The van der Waals surface area contributed by atoms with Gasteiger partial charge in [-0.05, 0) is 62.2 Å². The van der Waals surface area contributed by atoms with Crippen molar-refractivity contribution in [3.8, 4) is 5.75 Å². The minimum Gasteiger partial charge on any atom is -0.479 e. The summed E-state index contributed by atoms with van der Waals surface area (Å²) >= 11 is 0. The highest BCUT2D eigenvalue weighted by molar-refractivity contribution is 5.82. The molecule has 0 aliphatic heterocycles. The van der Waals surface area contributed by atoms with Crippen molar-refractivity contribution in [1.82, 2.24) is 0 Å². The van der Waals surface area contributed by atoms with Crippen molar-refractivity contribution >= 4 is 17.9 Å². The number of ether oxygens (including phenoxy) is 1. The lowest BCUT2D eigenvalue weighted by Gasteiger charge is -2.10. The maximum Gasteiger partial charge on any atom is 0.344 e. The second-order valence-corrected chi connectivity index (χ2v) is 5.22. The molecule has 0 aliphatic rings. The van der Waals surface area contributed by atoms with E-state index in [0.717, 1.165) is 16.8 Å². The smallest absolute Gasteiger partial charge is 0.344 e. The first-order chi connectivity index (χ1) is 10.5. The third-order valence-corrected chi connectivity index (χ3v) is 3.25. The second kappa shape index (κ2) is 6.89. The summed E-state index contributed by atoms with van der Waals surface area (Å²) in [6, 6.07) is 13.3. The van der Waals surface area contributed by atoms with Gasteiger partial charge in [0.15, 0.2) is 6.10 Å². The molecule has 1 N–H and O–H groups in total. The van der Waals surface area contributed by atoms with Gasteiger partial charge in [-0.15, -0.1) is 0 Å². The number of rotatable bonds is 5. The molecule has 0 saturated heterocycles. The van der Waals surface area contributed by atoms with Gasteiger partial charge in [0, 0.05) is 6.21 Å². The largest absolute Gasteiger partial charge is 0.479 e. The molecule has 0 unspecified atom stereocenters. The lowest BCUT2D eigenvalue weighted by atomic mass is 10.1. The van der Waals surface area contributed by atoms with Gasteiger partial charge in [0.2, 0.25) is 0 Å². The Morgan fingerprint density at radius 2 is 1.86 bits per heavy atom. The van der Waals surface area contributed by atoms with E-state index in [0.29, 0.717) is 5.75 Å². The van der Waals surface area contributed by atoms with Gasteiger partial charge in [0.25, 0.3) is 0 Å². The van der Waals surface area contributed by atoms with Crippen molar-refractivity contribution in [2.24, 2.45) is 4.99 Å². The van der Waals surface area contributed by atoms with Crippen LogP contribution in [0, 0.1) is 13.8 Å².